The van der Waals surface area contributed by atoms with Gasteiger partial charge in [0.05, 0.1) is 4.91 Å². The molecular weight excluding hydrogens is 376 g/mol. The van der Waals surface area contributed by atoms with E-state index in [-0.39, 0.29) is 11.1 Å². The van der Waals surface area contributed by atoms with E-state index < -0.39 is 11.7 Å². The molecule has 3 amide bonds. The molecule has 1 aliphatic rings. The first-order valence-corrected chi connectivity index (χ1v) is 9.47. The Kier molecular flexibility index (Phi) is 5.56. The van der Waals surface area contributed by atoms with Crippen LogP contribution in [-0.2, 0) is 9.53 Å². The zero-order valence-electron chi connectivity index (χ0n) is 15.7. The average molecular weight is 396 g/mol. The third kappa shape index (κ3) is 5.23. The molecule has 7 heteroatoms. The highest BCUT2D eigenvalue weighted by Gasteiger charge is 2.24. The van der Waals surface area contributed by atoms with Gasteiger partial charge in [0.15, 0.2) is 0 Å². The van der Waals surface area contributed by atoms with E-state index in [1.165, 1.54) is 0 Å². The van der Waals surface area contributed by atoms with Crippen molar-refractivity contribution in [2.75, 3.05) is 5.32 Å². The SMILES string of the molecule is CC(C)(C)OC(=O)Nc1cccc(-c2ccc(C=C3SC(=O)NC3=O)cc2)c1. The molecule has 0 bridgehead atoms. The van der Waals surface area contributed by atoms with Gasteiger partial charge in [0.1, 0.15) is 5.60 Å². The molecule has 0 radical (unpaired) electrons. The zero-order valence-corrected chi connectivity index (χ0v) is 16.6. The van der Waals surface area contributed by atoms with Crippen molar-refractivity contribution in [3.05, 3.63) is 59.0 Å². The number of hydrogen-bond acceptors (Lipinski definition) is 5. The van der Waals surface area contributed by atoms with Crippen molar-refractivity contribution in [2.24, 2.45) is 0 Å². The predicted octanol–water partition coefficient (Wildman–Crippen LogP) is 5.02. The van der Waals surface area contributed by atoms with E-state index >= 15 is 0 Å². The van der Waals surface area contributed by atoms with Gasteiger partial charge in [-0.25, -0.2) is 4.79 Å². The number of anilines is 1. The lowest BCUT2D eigenvalue weighted by Gasteiger charge is -2.19. The van der Waals surface area contributed by atoms with Gasteiger partial charge in [-0.05, 0) is 67.4 Å². The smallest absolute Gasteiger partial charge is 0.412 e. The highest BCUT2D eigenvalue weighted by atomic mass is 32.2. The Balaban J connectivity index is 1.74. The standard InChI is InChI=1S/C21H20N2O4S/c1-21(2,3)27-19(25)22-16-6-4-5-15(12-16)14-9-7-13(8-10-14)11-17-18(24)23-20(26)28-17/h4-12H,1-3H3,(H,22,25)(H,23,24,26). The normalized spacial score (nSPS) is 15.5. The van der Waals surface area contributed by atoms with E-state index in [9.17, 15) is 14.4 Å². The zero-order chi connectivity index (χ0) is 20.3. The number of amides is 3. The maximum absolute atomic E-state index is 11.9. The van der Waals surface area contributed by atoms with E-state index in [0.29, 0.717) is 10.6 Å². The first-order chi connectivity index (χ1) is 13.2. The van der Waals surface area contributed by atoms with Crippen molar-refractivity contribution in [3.8, 4) is 11.1 Å². The van der Waals surface area contributed by atoms with E-state index in [1.807, 2.05) is 63.2 Å². The molecule has 0 saturated carbocycles. The Hall–Kier alpha value is -3.06. The molecule has 2 aromatic carbocycles. The molecule has 1 aliphatic heterocycles. The van der Waals surface area contributed by atoms with Crippen molar-refractivity contribution in [3.63, 3.8) is 0 Å². The monoisotopic (exact) mass is 396 g/mol. The molecule has 0 spiro atoms. The Morgan fingerprint density at radius 2 is 1.79 bits per heavy atom. The molecule has 0 unspecified atom stereocenters. The third-order valence-electron chi connectivity index (χ3n) is 3.69. The van der Waals surface area contributed by atoms with Gasteiger partial charge >= 0.3 is 6.09 Å². The van der Waals surface area contributed by atoms with E-state index in [1.54, 1.807) is 12.1 Å². The molecule has 2 aromatic rings. The highest BCUT2D eigenvalue weighted by molar-refractivity contribution is 8.18. The molecular formula is C21H20N2O4S. The molecule has 28 heavy (non-hydrogen) atoms. The van der Waals surface area contributed by atoms with E-state index in [2.05, 4.69) is 10.6 Å². The van der Waals surface area contributed by atoms with Gasteiger partial charge in [-0.2, -0.15) is 0 Å². The second-order valence-corrected chi connectivity index (χ2v) is 8.20. The second-order valence-electron chi connectivity index (χ2n) is 7.18. The van der Waals surface area contributed by atoms with Crippen LogP contribution in [0.4, 0.5) is 15.3 Å². The highest BCUT2D eigenvalue weighted by Crippen LogP contribution is 2.27. The van der Waals surface area contributed by atoms with Crippen LogP contribution in [0.5, 0.6) is 0 Å². The summed E-state index contributed by atoms with van der Waals surface area (Å²) in [5.41, 5.74) is 2.77. The predicted molar refractivity (Wildman–Crippen MR) is 111 cm³/mol. The largest absolute Gasteiger partial charge is 0.444 e. The van der Waals surface area contributed by atoms with Crippen LogP contribution in [-0.4, -0.2) is 22.8 Å². The summed E-state index contributed by atoms with van der Waals surface area (Å²) in [5.74, 6) is -0.375. The van der Waals surface area contributed by atoms with Gasteiger partial charge in [-0.15, -0.1) is 0 Å². The van der Waals surface area contributed by atoms with Crippen LogP contribution in [0.15, 0.2) is 53.4 Å². The van der Waals surface area contributed by atoms with Crippen molar-refractivity contribution < 1.29 is 19.1 Å². The summed E-state index contributed by atoms with van der Waals surface area (Å²) in [6, 6.07) is 15.0. The molecule has 1 saturated heterocycles. The minimum atomic E-state index is -0.564. The number of carbonyl (C=O) groups is 3. The summed E-state index contributed by atoms with van der Waals surface area (Å²) in [5, 5.41) is 4.60. The van der Waals surface area contributed by atoms with Gasteiger partial charge in [-0.1, -0.05) is 36.4 Å². The van der Waals surface area contributed by atoms with Crippen LogP contribution in [0.1, 0.15) is 26.3 Å². The van der Waals surface area contributed by atoms with Gasteiger partial charge in [-0.3, -0.25) is 20.2 Å². The van der Waals surface area contributed by atoms with Crippen LogP contribution < -0.4 is 10.6 Å². The second kappa shape index (κ2) is 7.90. The fraction of sp³-hybridized carbons (Fsp3) is 0.190. The molecule has 144 valence electrons. The summed E-state index contributed by atoms with van der Waals surface area (Å²) >= 11 is 0.890. The Morgan fingerprint density at radius 1 is 1.07 bits per heavy atom. The molecule has 1 fully saturated rings. The number of benzene rings is 2. The first kappa shape index (κ1) is 19.7. The van der Waals surface area contributed by atoms with Gasteiger partial charge in [0, 0.05) is 5.69 Å². The lowest BCUT2D eigenvalue weighted by molar-refractivity contribution is -0.115. The molecule has 2 N–H and O–H groups in total. The van der Waals surface area contributed by atoms with Crippen molar-refractivity contribution in [1.29, 1.82) is 0 Å². The van der Waals surface area contributed by atoms with Crippen LogP contribution in [0.25, 0.3) is 17.2 Å². The molecule has 6 nitrogen and oxygen atoms in total. The Morgan fingerprint density at radius 3 is 2.39 bits per heavy atom. The van der Waals surface area contributed by atoms with Crippen molar-refractivity contribution >= 4 is 40.8 Å². The minimum absolute atomic E-state index is 0.359. The van der Waals surface area contributed by atoms with E-state index in [4.69, 9.17) is 4.74 Å². The van der Waals surface area contributed by atoms with Crippen molar-refractivity contribution in [2.45, 2.75) is 26.4 Å². The molecule has 1 heterocycles. The fourth-order valence-corrected chi connectivity index (χ4v) is 3.22. The topological polar surface area (TPSA) is 84.5 Å². The van der Waals surface area contributed by atoms with Crippen LogP contribution in [0.3, 0.4) is 0 Å². The Bertz CT molecular complexity index is 959. The van der Waals surface area contributed by atoms with Crippen LogP contribution in [0, 0.1) is 0 Å². The maximum atomic E-state index is 11.9. The molecule has 0 aromatic heterocycles. The molecule has 3 rings (SSSR count). The minimum Gasteiger partial charge on any atom is -0.444 e. The van der Waals surface area contributed by atoms with E-state index in [0.717, 1.165) is 28.5 Å². The third-order valence-corrected chi connectivity index (χ3v) is 4.50. The lowest BCUT2D eigenvalue weighted by atomic mass is 10.0. The molecule has 0 aliphatic carbocycles. The number of imide groups is 1. The number of thioether (sulfide) groups is 1. The summed E-state index contributed by atoms with van der Waals surface area (Å²) in [6.45, 7) is 5.43. The van der Waals surface area contributed by atoms with Crippen molar-refractivity contribution in [1.82, 2.24) is 5.32 Å². The average Bonchev–Trinajstić information content (AvgIpc) is 2.91. The number of rotatable bonds is 3. The number of nitrogens with one attached hydrogen (secondary N) is 2. The van der Waals surface area contributed by atoms with Gasteiger partial charge in [0.25, 0.3) is 11.1 Å². The van der Waals surface area contributed by atoms with Crippen LogP contribution in [0.2, 0.25) is 0 Å². The lowest BCUT2D eigenvalue weighted by Crippen LogP contribution is -2.27. The first-order valence-electron chi connectivity index (χ1n) is 8.65. The maximum Gasteiger partial charge on any atom is 0.412 e. The quantitative estimate of drug-likeness (QED) is 0.711. The Labute approximate surface area is 167 Å². The number of carbonyl (C=O) groups excluding carboxylic acids is 3. The fourth-order valence-electron chi connectivity index (χ4n) is 2.54. The summed E-state index contributed by atoms with van der Waals surface area (Å²) in [4.78, 5) is 35.2. The summed E-state index contributed by atoms with van der Waals surface area (Å²) < 4.78 is 5.27. The molecule has 0 atom stereocenters. The van der Waals surface area contributed by atoms with Crippen LogP contribution >= 0.6 is 11.8 Å². The summed E-state index contributed by atoms with van der Waals surface area (Å²) in [7, 11) is 0. The number of ether oxygens (including phenoxy) is 1. The summed E-state index contributed by atoms with van der Waals surface area (Å²) in [6.07, 6.45) is 1.17. The number of hydrogen-bond donors (Lipinski definition) is 2. The van der Waals surface area contributed by atoms with Gasteiger partial charge in [0.2, 0.25) is 0 Å². The van der Waals surface area contributed by atoms with Gasteiger partial charge < -0.3 is 4.74 Å².